The van der Waals surface area contributed by atoms with Crippen molar-refractivity contribution in [1.82, 2.24) is 9.97 Å². The van der Waals surface area contributed by atoms with E-state index in [1.54, 1.807) is 13.1 Å². The highest BCUT2D eigenvalue weighted by molar-refractivity contribution is 6.67. The normalized spacial score (nSPS) is 9.89. The molecule has 0 bridgehead atoms. The van der Waals surface area contributed by atoms with Gasteiger partial charge in [-0.25, -0.2) is 9.97 Å². The molecule has 1 heterocycles. The second-order valence-corrected chi connectivity index (χ2v) is 6.81. The summed E-state index contributed by atoms with van der Waals surface area (Å²) in [4.78, 5) is 19.6. The number of carbonyl (C=O) groups is 1. The Morgan fingerprint density at radius 3 is 2.74 bits per heavy atom. The minimum atomic E-state index is -0.613. The van der Waals surface area contributed by atoms with Gasteiger partial charge in [0, 0.05) is 11.8 Å². The molecule has 101 valence electrons. The van der Waals surface area contributed by atoms with Crippen molar-refractivity contribution in [3.8, 4) is 11.5 Å². The monoisotopic (exact) mass is 275 g/mol. The Bertz CT molecular complexity index is 476. The summed E-state index contributed by atoms with van der Waals surface area (Å²) in [6, 6.07) is 2.24. The molecule has 0 fully saturated rings. The van der Waals surface area contributed by atoms with E-state index in [-0.39, 0.29) is 12.4 Å². The van der Waals surface area contributed by atoms with Gasteiger partial charge in [0.05, 0.1) is 13.0 Å². The molecule has 5 heteroatoms. The lowest BCUT2D eigenvalue weighted by Gasteiger charge is -2.03. The van der Waals surface area contributed by atoms with E-state index in [0.717, 1.165) is 17.7 Å². The first-order valence-electron chi connectivity index (χ1n) is 6.52. The maximum Gasteiger partial charge on any atom is 0.310 e. The number of aromatic nitrogens is 2. The van der Waals surface area contributed by atoms with Crippen molar-refractivity contribution in [2.24, 2.45) is 0 Å². The van der Waals surface area contributed by atoms with Crippen molar-refractivity contribution >= 4 is 14.8 Å². The lowest BCUT2D eigenvalue weighted by atomic mass is 10.2. The highest BCUT2D eigenvalue weighted by Crippen LogP contribution is 2.05. The molecular formula is C14H19N2O2Si. The Kier molecular flexibility index (Phi) is 6.83. The molecule has 0 amide bonds. The fraction of sp³-hybridized carbons (Fsp3) is 0.500. The zero-order valence-electron chi connectivity index (χ0n) is 11.7. The zero-order valence-corrected chi connectivity index (χ0v) is 12.7. The number of ether oxygens (including phenoxy) is 1. The predicted molar refractivity (Wildman–Crippen MR) is 76.0 cm³/mol. The molecule has 0 atom stereocenters. The summed E-state index contributed by atoms with van der Waals surface area (Å²) < 4.78 is 4.93. The van der Waals surface area contributed by atoms with E-state index < -0.39 is 8.80 Å². The van der Waals surface area contributed by atoms with Crippen molar-refractivity contribution in [1.29, 1.82) is 0 Å². The number of hydrogen-bond acceptors (Lipinski definition) is 4. The Hall–Kier alpha value is -1.67. The molecule has 0 saturated carbocycles. The van der Waals surface area contributed by atoms with E-state index in [1.807, 2.05) is 0 Å². The minimum absolute atomic E-state index is 0.180. The van der Waals surface area contributed by atoms with Gasteiger partial charge in [0.1, 0.15) is 20.8 Å². The first kappa shape index (κ1) is 15.4. The highest BCUT2D eigenvalue weighted by Gasteiger charge is 2.09. The predicted octanol–water partition coefficient (Wildman–Crippen LogP) is 2.01. The second-order valence-electron chi connectivity index (χ2n) is 3.94. The molecule has 1 rings (SSSR count). The van der Waals surface area contributed by atoms with Crippen molar-refractivity contribution in [3.63, 3.8) is 0 Å². The molecule has 1 radical (unpaired) electrons. The maximum absolute atomic E-state index is 11.5. The standard InChI is InChI=1S/C14H19N2O2Si/c1-4-18-14(17)9-12-10-15-11-16-13(12)7-8-19(5-2)6-3/h10-11H,4-6,9H2,1-3H3. The van der Waals surface area contributed by atoms with Crippen molar-refractivity contribution in [3.05, 3.63) is 23.8 Å². The van der Waals surface area contributed by atoms with Gasteiger partial charge in [-0.05, 0) is 6.92 Å². The molecule has 0 spiro atoms. The van der Waals surface area contributed by atoms with Crippen LogP contribution in [0.3, 0.4) is 0 Å². The molecule has 0 aliphatic heterocycles. The number of esters is 1. The van der Waals surface area contributed by atoms with Gasteiger partial charge in [0.2, 0.25) is 0 Å². The fourth-order valence-corrected chi connectivity index (χ4v) is 2.69. The summed E-state index contributed by atoms with van der Waals surface area (Å²) in [5.41, 5.74) is 4.67. The Morgan fingerprint density at radius 1 is 1.37 bits per heavy atom. The van der Waals surface area contributed by atoms with Crippen molar-refractivity contribution in [2.45, 2.75) is 39.3 Å². The lowest BCUT2D eigenvalue weighted by Crippen LogP contribution is -2.10. The van der Waals surface area contributed by atoms with Crippen LogP contribution in [-0.2, 0) is 16.0 Å². The van der Waals surface area contributed by atoms with E-state index in [0.29, 0.717) is 12.3 Å². The third-order valence-electron chi connectivity index (χ3n) is 2.64. The van der Waals surface area contributed by atoms with Gasteiger partial charge in [-0.2, -0.15) is 0 Å². The SMILES string of the molecule is CCOC(=O)Cc1cncnc1C#C[Si](CC)CC. The van der Waals surface area contributed by atoms with Gasteiger partial charge in [0.15, 0.2) is 0 Å². The van der Waals surface area contributed by atoms with Crippen LogP contribution in [0.1, 0.15) is 32.0 Å². The smallest absolute Gasteiger partial charge is 0.310 e. The van der Waals surface area contributed by atoms with Crippen LogP contribution in [0.15, 0.2) is 12.5 Å². The topological polar surface area (TPSA) is 52.1 Å². The molecule has 4 nitrogen and oxygen atoms in total. The van der Waals surface area contributed by atoms with Gasteiger partial charge < -0.3 is 4.74 Å². The van der Waals surface area contributed by atoms with Crippen LogP contribution in [-0.4, -0.2) is 31.3 Å². The van der Waals surface area contributed by atoms with Gasteiger partial charge in [-0.15, -0.1) is 5.54 Å². The van der Waals surface area contributed by atoms with Crippen LogP contribution in [0.5, 0.6) is 0 Å². The highest BCUT2D eigenvalue weighted by atomic mass is 28.3. The summed E-state index contributed by atoms with van der Waals surface area (Å²) in [6.07, 6.45) is 3.28. The summed E-state index contributed by atoms with van der Waals surface area (Å²) in [5, 5.41) is 0. The molecule has 0 saturated heterocycles. The van der Waals surface area contributed by atoms with Crippen LogP contribution in [0.25, 0.3) is 0 Å². The van der Waals surface area contributed by atoms with Crippen LogP contribution in [0.2, 0.25) is 12.1 Å². The second kappa shape index (κ2) is 8.43. The zero-order chi connectivity index (χ0) is 14.1. The number of rotatable bonds is 5. The van der Waals surface area contributed by atoms with E-state index in [1.165, 1.54) is 6.33 Å². The van der Waals surface area contributed by atoms with E-state index in [4.69, 9.17) is 4.74 Å². The largest absolute Gasteiger partial charge is 0.466 e. The molecule has 1 aromatic rings. The Labute approximate surface area is 116 Å². The van der Waals surface area contributed by atoms with Gasteiger partial charge >= 0.3 is 5.97 Å². The molecule has 0 aliphatic carbocycles. The summed E-state index contributed by atoms with van der Waals surface area (Å²) in [7, 11) is -0.613. The van der Waals surface area contributed by atoms with E-state index >= 15 is 0 Å². The average Bonchev–Trinajstić information content (AvgIpc) is 2.42. The first-order valence-corrected chi connectivity index (χ1v) is 8.43. The Morgan fingerprint density at radius 2 is 2.11 bits per heavy atom. The number of hydrogen-bond donors (Lipinski definition) is 0. The maximum atomic E-state index is 11.5. The first-order chi connectivity index (χ1) is 9.21. The minimum Gasteiger partial charge on any atom is -0.466 e. The molecule has 1 aromatic heterocycles. The summed E-state index contributed by atoms with van der Waals surface area (Å²) in [5.74, 6) is 2.83. The molecular weight excluding hydrogens is 256 g/mol. The van der Waals surface area contributed by atoms with Crippen molar-refractivity contribution < 1.29 is 9.53 Å². The van der Waals surface area contributed by atoms with Crippen LogP contribution in [0, 0.1) is 11.5 Å². The molecule has 0 aromatic carbocycles. The molecule has 0 aliphatic rings. The summed E-state index contributed by atoms with van der Waals surface area (Å²) >= 11 is 0. The molecule has 0 N–H and O–H groups in total. The molecule has 0 unspecified atom stereocenters. The van der Waals surface area contributed by atoms with Crippen LogP contribution < -0.4 is 0 Å². The fourth-order valence-electron chi connectivity index (χ4n) is 1.54. The van der Waals surface area contributed by atoms with Gasteiger partial charge in [0.25, 0.3) is 0 Å². The summed E-state index contributed by atoms with van der Waals surface area (Å²) in [6.45, 7) is 6.49. The van der Waals surface area contributed by atoms with Gasteiger partial charge in [-0.1, -0.05) is 31.9 Å². The average molecular weight is 275 g/mol. The third kappa shape index (κ3) is 5.22. The quantitative estimate of drug-likeness (QED) is 0.468. The van der Waals surface area contributed by atoms with Crippen LogP contribution in [0.4, 0.5) is 0 Å². The Balaban J connectivity index is 2.86. The molecule has 19 heavy (non-hydrogen) atoms. The number of nitrogens with zero attached hydrogens (tertiary/aromatic N) is 2. The van der Waals surface area contributed by atoms with Crippen LogP contribution >= 0.6 is 0 Å². The number of carbonyl (C=O) groups excluding carboxylic acids is 1. The van der Waals surface area contributed by atoms with Gasteiger partial charge in [-0.3, -0.25) is 4.79 Å². The van der Waals surface area contributed by atoms with E-state index in [9.17, 15) is 4.79 Å². The van der Waals surface area contributed by atoms with Crippen molar-refractivity contribution in [2.75, 3.05) is 6.61 Å². The third-order valence-corrected chi connectivity index (χ3v) is 4.83. The van der Waals surface area contributed by atoms with E-state index in [2.05, 4.69) is 35.3 Å². The lowest BCUT2D eigenvalue weighted by molar-refractivity contribution is -0.142.